The van der Waals surface area contributed by atoms with Gasteiger partial charge < -0.3 is 10.6 Å². The summed E-state index contributed by atoms with van der Waals surface area (Å²) in [7, 11) is 0. The van der Waals surface area contributed by atoms with Crippen molar-refractivity contribution in [1.82, 2.24) is 10.3 Å². The fourth-order valence-electron chi connectivity index (χ4n) is 3.15. The summed E-state index contributed by atoms with van der Waals surface area (Å²) >= 11 is 1.62. The van der Waals surface area contributed by atoms with E-state index in [9.17, 15) is 14.9 Å². The van der Waals surface area contributed by atoms with Crippen molar-refractivity contribution in [3.63, 3.8) is 0 Å². The van der Waals surface area contributed by atoms with Crippen molar-refractivity contribution < 1.29 is 9.72 Å². The van der Waals surface area contributed by atoms with Gasteiger partial charge >= 0.3 is 0 Å². The van der Waals surface area contributed by atoms with Gasteiger partial charge in [-0.3, -0.25) is 14.9 Å². The SMILES string of the molecule is Cc1nc(-c2ccc(CCNC(=O)c3ccc(NC4CC4)c([N+](=O)[O-])c3)cc2)cs1. The summed E-state index contributed by atoms with van der Waals surface area (Å²) in [6.07, 6.45) is 2.71. The number of carbonyl (C=O) groups excluding carboxylic acids is 1. The van der Waals surface area contributed by atoms with E-state index in [4.69, 9.17) is 0 Å². The van der Waals surface area contributed by atoms with E-state index >= 15 is 0 Å². The van der Waals surface area contributed by atoms with E-state index in [1.165, 1.54) is 6.07 Å². The molecule has 1 aromatic heterocycles. The summed E-state index contributed by atoms with van der Waals surface area (Å²) in [5, 5.41) is 20.4. The first-order chi connectivity index (χ1) is 14.5. The number of aromatic nitrogens is 1. The Morgan fingerprint density at radius 1 is 1.23 bits per heavy atom. The zero-order valence-corrected chi connectivity index (χ0v) is 17.4. The second-order valence-electron chi connectivity index (χ2n) is 7.36. The largest absolute Gasteiger partial charge is 0.377 e. The average Bonchev–Trinajstić information content (AvgIpc) is 3.45. The van der Waals surface area contributed by atoms with Crippen LogP contribution in [0.3, 0.4) is 0 Å². The molecule has 0 spiro atoms. The van der Waals surface area contributed by atoms with Gasteiger partial charge in [-0.1, -0.05) is 24.3 Å². The van der Waals surface area contributed by atoms with Crippen molar-refractivity contribution in [2.24, 2.45) is 0 Å². The molecule has 2 N–H and O–H groups in total. The molecule has 1 aliphatic rings. The fourth-order valence-corrected chi connectivity index (χ4v) is 3.78. The summed E-state index contributed by atoms with van der Waals surface area (Å²) < 4.78 is 0. The molecule has 0 bridgehead atoms. The smallest absolute Gasteiger partial charge is 0.293 e. The molecule has 1 fully saturated rings. The molecule has 0 atom stereocenters. The number of hydrogen-bond acceptors (Lipinski definition) is 6. The molecule has 30 heavy (non-hydrogen) atoms. The molecule has 7 nitrogen and oxygen atoms in total. The van der Waals surface area contributed by atoms with E-state index in [0.717, 1.165) is 34.7 Å². The van der Waals surface area contributed by atoms with Gasteiger partial charge in [-0.05, 0) is 43.9 Å². The number of rotatable bonds is 8. The number of amides is 1. The van der Waals surface area contributed by atoms with Crippen LogP contribution in [0.4, 0.5) is 11.4 Å². The number of nitro benzene ring substituents is 1. The molecule has 8 heteroatoms. The van der Waals surface area contributed by atoms with Crippen molar-refractivity contribution in [2.45, 2.75) is 32.2 Å². The lowest BCUT2D eigenvalue weighted by atomic mass is 10.1. The highest BCUT2D eigenvalue weighted by Gasteiger charge is 2.25. The van der Waals surface area contributed by atoms with Gasteiger partial charge in [0.15, 0.2) is 0 Å². The van der Waals surface area contributed by atoms with Crippen LogP contribution in [0, 0.1) is 17.0 Å². The van der Waals surface area contributed by atoms with Gasteiger partial charge in [0.2, 0.25) is 0 Å². The van der Waals surface area contributed by atoms with Crippen LogP contribution >= 0.6 is 11.3 Å². The number of aryl methyl sites for hydroxylation is 1. The predicted octanol–water partition coefficient (Wildman–Crippen LogP) is 4.57. The molecule has 2 aromatic carbocycles. The molecule has 0 radical (unpaired) electrons. The van der Waals surface area contributed by atoms with E-state index < -0.39 is 4.92 Å². The topological polar surface area (TPSA) is 97.2 Å². The molecule has 4 rings (SSSR count). The highest BCUT2D eigenvalue weighted by molar-refractivity contribution is 7.09. The first kappa shape index (κ1) is 20.0. The maximum absolute atomic E-state index is 12.4. The lowest BCUT2D eigenvalue weighted by molar-refractivity contribution is -0.384. The summed E-state index contributed by atoms with van der Waals surface area (Å²) in [5.74, 6) is -0.314. The highest BCUT2D eigenvalue weighted by Crippen LogP contribution is 2.31. The second-order valence-corrected chi connectivity index (χ2v) is 8.42. The molecule has 1 amide bonds. The molecule has 3 aromatic rings. The van der Waals surface area contributed by atoms with Crippen molar-refractivity contribution in [3.05, 3.63) is 74.1 Å². The lowest BCUT2D eigenvalue weighted by Gasteiger charge is -2.09. The van der Waals surface area contributed by atoms with Gasteiger partial charge in [-0.2, -0.15) is 0 Å². The number of nitrogens with zero attached hydrogens (tertiary/aromatic N) is 2. The Bertz CT molecular complexity index is 1070. The molecule has 0 unspecified atom stereocenters. The van der Waals surface area contributed by atoms with E-state index in [0.29, 0.717) is 24.7 Å². The van der Waals surface area contributed by atoms with Gasteiger partial charge in [0.05, 0.1) is 15.6 Å². The predicted molar refractivity (Wildman–Crippen MR) is 118 cm³/mol. The number of hydrogen-bond donors (Lipinski definition) is 2. The van der Waals surface area contributed by atoms with Crippen molar-refractivity contribution in [3.8, 4) is 11.3 Å². The van der Waals surface area contributed by atoms with Crippen LogP contribution in [-0.4, -0.2) is 28.4 Å². The minimum Gasteiger partial charge on any atom is -0.377 e. The van der Waals surface area contributed by atoms with Gasteiger partial charge in [0, 0.05) is 35.2 Å². The van der Waals surface area contributed by atoms with Crippen LogP contribution in [0.25, 0.3) is 11.3 Å². The van der Waals surface area contributed by atoms with Gasteiger partial charge in [-0.25, -0.2) is 4.98 Å². The standard InChI is InChI=1S/C22H22N4O3S/c1-14-24-20(13-30-14)16-4-2-15(3-5-16)10-11-23-22(27)17-6-9-19(25-18-7-8-18)21(12-17)26(28)29/h2-6,9,12-13,18,25H,7-8,10-11H2,1H3,(H,23,27). The van der Waals surface area contributed by atoms with Crippen molar-refractivity contribution in [2.75, 3.05) is 11.9 Å². The number of carbonyl (C=O) groups is 1. The molecule has 1 aliphatic carbocycles. The van der Waals surface area contributed by atoms with E-state index in [1.807, 2.05) is 36.6 Å². The second kappa shape index (κ2) is 8.62. The average molecular weight is 423 g/mol. The number of thiazole rings is 1. The Morgan fingerprint density at radius 2 is 2.00 bits per heavy atom. The molecular weight excluding hydrogens is 400 g/mol. The Kier molecular flexibility index (Phi) is 5.76. The summed E-state index contributed by atoms with van der Waals surface area (Å²) in [6, 6.07) is 13.0. The third-order valence-corrected chi connectivity index (χ3v) is 5.74. The highest BCUT2D eigenvalue weighted by atomic mass is 32.1. The molecular formula is C22H22N4O3S. The fraction of sp³-hybridized carbons (Fsp3) is 0.273. The van der Waals surface area contributed by atoms with Crippen LogP contribution in [0.1, 0.15) is 33.8 Å². The van der Waals surface area contributed by atoms with Gasteiger partial charge in [0.25, 0.3) is 11.6 Å². The molecule has 0 saturated heterocycles. The maximum atomic E-state index is 12.4. The molecule has 154 valence electrons. The van der Waals surface area contributed by atoms with Crippen LogP contribution in [0.2, 0.25) is 0 Å². The number of nitro groups is 1. The summed E-state index contributed by atoms with van der Waals surface area (Å²) in [6.45, 7) is 2.43. The Labute approximate surface area is 178 Å². The zero-order chi connectivity index (χ0) is 21.1. The molecule has 0 aliphatic heterocycles. The molecule has 1 heterocycles. The minimum atomic E-state index is -0.452. The van der Waals surface area contributed by atoms with Gasteiger partial charge in [-0.15, -0.1) is 11.3 Å². The Balaban J connectivity index is 1.34. The third-order valence-electron chi connectivity index (χ3n) is 4.96. The van der Waals surface area contributed by atoms with Gasteiger partial charge in [0.1, 0.15) is 5.69 Å². The van der Waals surface area contributed by atoms with E-state index in [1.54, 1.807) is 23.5 Å². The van der Waals surface area contributed by atoms with Crippen molar-refractivity contribution >= 4 is 28.6 Å². The van der Waals surface area contributed by atoms with E-state index in [2.05, 4.69) is 15.6 Å². The van der Waals surface area contributed by atoms with E-state index in [-0.39, 0.29) is 17.2 Å². The quantitative estimate of drug-likeness (QED) is 0.409. The van der Waals surface area contributed by atoms with Crippen LogP contribution in [0.15, 0.2) is 47.8 Å². The Morgan fingerprint density at radius 3 is 2.63 bits per heavy atom. The number of anilines is 1. The van der Waals surface area contributed by atoms with Crippen molar-refractivity contribution in [1.29, 1.82) is 0 Å². The normalized spacial score (nSPS) is 13.1. The van der Waals surface area contributed by atoms with Crippen LogP contribution in [-0.2, 0) is 6.42 Å². The number of nitrogens with one attached hydrogen (secondary N) is 2. The third kappa shape index (κ3) is 4.83. The van der Waals surface area contributed by atoms with Crippen LogP contribution in [0.5, 0.6) is 0 Å². The lowest BCUT2D eigenvalue weighted by Crippen LogP contribution is -2.25. The minimum absolute atomic E-state index is 0.0672. The summed E-state index contributed by atoms with van der Waals surface area (Å²) in [5.41, 5.74) is 3.83. The summed E-state index contributed by atoms with van der Waals surface area (Å²) in [4.78, 5) is 27.8. The Hall–Kier alpha value is -3.26. The molecule has 1 saturated carbocycles. The monoisotopic (exact) mass is 422 g/mol. The van der Waals surface area contributed by atoms with Crippen LogP contribution < -0.4 is 10.6 Å². The number of benzene rings is 2. The first-order valence-electron chi connectivity index (χ1n) is 9.84. The first-order valence-corrected chi connectivity index (χ1v) is 10.7. The zero-order valence-electron chi connectivity index (χ0n) is 16.6. The maximum Gasteiger partial charge on any atom is 0.293 e.